The number of allylic oxidation sites excluding steroid dienone is 1. The smallest absolute Gasteiger partial charge is 0.249 e. The van der Waals surface area contributed by atoms with Crippen molar-refractivity contribution >= 4 is 29.0 Å². The Morgan fingerprint density at radius 3 is 3.00 bits per heavy atom. The van der Waals surface area contributed by atoms with Gasteiger partial charge in [0, 0.05) is 25.4 Å². The van der Waals surface area contributed by atoms with E-state index in [1.54, 1.807) is 15.9 Å². The average Bonchev–Trinajstić information content (AvgIpc) is 3.23. The van der Waals surface area contributed by atoms with Gasteiger partial charge < -0.3 is 14.3 Å². The Hall–Kier alpha value is -3.27. The van der Waals surface area contributed by atoms with E-state index in [1.807, 2.05) is 16.7 Å². The molecule has 3 aromatic rings. The number of hydrogen-bond acceptors (Lipinski definition) is 6. The van der Waals surface area contributed by atoms with Crippen LogP contribution in [0, 0.1) is 0 Å². The summed E-state index contributed by atoms with van der Waals surface area (Å²) in [7, 11) is 0. The lowest BCUT2D eigenvalue weighted by molar-refractivity contribution is -0.122. The quantitative estimate of drug-likeness (QED) is 0.598. The van der Waals surface area contributed by atoms with Crippen LogP contribution in [0.2, 0.25) is 0 Å². The molecule has 1 N–H and O–H groups in total. The largest absolute Gasteiger partial charge is 0.348 e. The normalized spacial score (nSPS) is 20.1. The zero-order chi connectivity index (χ0) is 22.5. The van der Waals surface area contributed by atoms with Crippen molar-refractivity contribution in [2.45, 2.75) is 50.9 Å². The summed E-state index contributed by atoms with van der Waals surface area (Å²) in [4.78, 5) is 21.5. The van der Waals surface area contributed by atoms with Gasteiger partial charge in [0.2, 0.25) is 5.91 Å². The number of rotatable bonds is 6. The predicted molar refractivity (Wildman–Crippen MR) is 119 cm³/mol. The molecule has 1 fully saturated rings. The summed E-state index contributed by atoms with van der Waals surface area (Å²) in [6.45, 7) is 1.49. The number of aromatic nitrogens is 4. The van der Waals surface area contributed by atoms with Gasteiger partial charge in [-0.2, -0.15) is 5.11 Å². The molecule has 33 heavy (non-hydrogen) atoms. The van der Waals surface area contributed by atoms with Crippen molar-refractivity contribution < 1.29 is 9.18 Å². The molecule has 9 nitrogen and oxygen atoms in total. The number of aryl methyl sites for hydroxylation is 1. The van der Waals surface area contributed by atoms with Crippen molar-refractivity contribution in [2.24, 2.45) is 10.3 Å². The third-order valence-corrected chi connectivity index (χ3v) is 6.64. The number of imidazole rings is 2. The number of carbonyl (C=O) groups is 1. The average molecular weight is 469 g/mol. The molecule has 6 rings (SSSR count). The molecule has 1 aliphatic carbocycles. The number of nitrogens with zero attached hydrogens (tertiary/aromatic N) is 7. The van der Waals surface area contributed by atoms with Crippen LogP contribution in [0.25, 0.3) is 11.5 Å². The van der Waals surface area contributed by atoms with E-state index in [0.717, 1.165) is 11.3 Å². The number of halogens is 2. The van der Waals surface area contributed by atoms with Gasteiger partial charge in [-0.3, -0.25) is 9.80 Å². The number of fused-ring (bicyclic) bond motifs is 2. The zero-order valence-electron chi connectivity index (χ0n) is 17.8. The highest BCUT2D eigenvalue weighted by Crippen LogP contribution is 2.40. The second kappa shape index (κ2) is 7.95. The van der Waals surface area contributed by atoms with Crippen LogP contribution in [0.4, 0.5) is 4.39 Å². The minimum absolute atomic E-state index is 0.0978. The summed E-state index contributed by atoms with van der Waals surface area (Å²) in [5, 5.41) is 13.0. The van der Waals surface area contributed by atoms with Crippen LogP contribution >= 0.6 is 11.6 Å². The van der Waals surface area contributed by atoms with E-state index in [-0.39, 0.29) is 17.5 Å². The van der Waals surface area contributed by atoms with Crippen molar-refractivity contribution in [3.8, 4) is 0 Å². The van der Waals surface area contributed by atoms with Gasteiger partial charge in [-0.25, -0.2) is 14.4 Å². The van der Waals surface area contributed by atoms with E-state index in [1.165, 1.54) is 18.4 Å². The molecule has 3 aliphatic rings. The number of pyridine rings is 1. The Balaban J connectivity index is 1.06. The van der Waals surface area contributed by atoms with Crippen LogP contribution in [0.1, 0.15) is 47.8 Å². The first-order valence-corrected chi connectivity index (χ1v) is 11.4. The van der Waals surface area contributed by atoms with Gasteiger partial charge in [0.05, 0.1) is 42.4 Å². The van der Waals surface area contributed by atoms with Gasteiger partial charge in [-0.05, 0) is 30.4 Å². The minimum atomic E-state index is -0.633. The Morgan fingerprint density at radius 2 is 2.15 bits per heavy atom. The molecule has 1 amide bonds. The van der Waals surface area contributed by atoms with Crippen LogP contribution in [0.15, 0.2) is 46.2 Å². The van der Waals surface area contributed by atoms with Crippen LogP contribution < -0.4 is 5.32 Å². The molecule has 0 aromatic carbocycles. The Labute approximate surface area is 193 Å². The van der Waals surface area contributed by atoms with Crippen molar-refractivity contribution in [1.82, 2.24) is 29.3 Å². The third kappa shape index (κ3) is 3.88. The molecule has 0 bridgehead atoms. The predicted octanol–water partition coefficient (Wildman–Crippen LogP) is 3.56. The standard InChI is InChI=1S/C22H22ClFN8O/c23-16-5-6-30-12-26-17(21(30)20(16)24)7-25-22(33)18-11-32(29-28-18)10-15-9-31-8-14(13-1-2-13)3-4-19(31)27-15/h3-4,8-9,12-13,18H,1-2,5-7,10-11H2,(H,25,33). The highest BCUT2D eigenvalue weighted by atomic mass is 35.5. The maximum atomic E-state index is 14.4. The Morgan fingerprint density at radius 1 is 1.27 bits per heavy atom. The van der Waals surface area contributed by atoms with Gasteiger partial charge in [0.1, 0.15) is 11.3 Å². The summed E-state index contributed by atoms with van der Waals surface area (Å²) < 4.78 is 18.2. The topological polar surface area (TPSA) is 92.2 Å². The van der Waals surface area contributed by atoms with Crippen molar-refractivity contribution in [2.75, 3.05) is 6.54 Å². The summed E-state index contributed by atoms with van der Waals surface area (Å²) in [6, 6.07) is 3.55. The van der Waals surface area contributed by atoms with Crippen LogP contribution in [-0.2, 0) is 24.4 Å². The molecule has 2 aliphatic heterocycles. The minimum Gasteiger partial charge on any atom is -0.348 e. The fraction of sp³-hybridized carbons (Fsp3) is 0.409. The summed E-state index contributed by atoms with van der Waals surface area (Å²) >= 11 is 5.96. The van der Waals surface area contributed by atoms with E-state index in [2.05, 4.69) is 37.9 Å². The van der Waals surface area contributed by atoms with E-state index in [9.17, 15) is 9.18 Å². The highest BCUT2D eigenvalue weighted by molar-refractivity contribution is 6.32. The SMILES string of the molecule is O=C(NCc1ncn2c1C(F)=C(Cl)CC2)C1CN(Cc2cn3cc(C4CC4)ccc3n2)N=N1. The van der Waals surface area contributed by atoms with Crippen LogP contribution in [0.5, 0.6) is 0 Å². The Bertz CT molecular complexity index is 1310. The summed E-state index contributed by atoms with van der Waals surface area (Å²) in [5.41, 5.74) is 3.88. The fourth-order valence-corrected chi connectivity index (χ4v) is 4.52. The van der Waals surface area contributed by atoms with Crippen molar-refractivity contribution in [3.63, 3.8) is 0 Å². The number of carbonyl (C=O) groups excluding carboxylic acids is 1. The molecule has 1 unspecified atom stereocenters. The summed E-state index contributed by atoms with van der Waals surface area (Å²) in [6.07, 6.45) is 8.67. The first-order valence-electron chi connectivity index (χ1n) is 11.0. The Kier molecular flexibility index (Phi) is 4.90. The van der Waals surface area contributed by atoms with Gasteiger partial charge in [-0.15, -0.1) is 0 Å². The van der Waals surface area contributed by atoms with Crippen LogP contribution in [0.3, 0.4) is 0 Å². The van der Waals surface area contributed by atoms with Crippen molar-refractivity contribution in [1.29, 1.82) is 0 Å². The van der Waals surface area contributed by atoms with Gasteiger partial charge in [0.15, 0.2) is 11.9 Å². The first-order chi connectivity index (χ1) is 16.0. The molecular weight excluding hydrogens is 447 g/mol. The molecule has 1 atom stereocenters. The lowest BCUT2D eigenvalue weighted by Crippen LogP contribution is -2.36. The van der Waals surface area contributed by atoms with E-state index < -0.39 is 11.9 Å². The molecule has 5 heterocycles. The summed E-state index contributed by atoms with van der Waals surface area (Å²) in [5.74, 6) is -0.0736. The molecule has 1 saturated carbocycles. The second-order valence-electron chi connectivity index (χ2n) is 8.72. The van der Waals surface area contributed by atoms with E-state index in [0.29, 0.717) is 43.4 Å². The maximum absolute atomic E-state index is 14.4. The molecule has 0 radical (unpaired) electrons. The van der Waals surface area contributed by atoms with Gasteiger partial charge in [-0.1, -0.05) is 22.9 Å². The van der Waals surface area contributed by atoms with E-state index in [4.69, 9.17) is 11.6 Å². The third-order valence-electron chi connectivity index (χ3n) is 6.28. The second-order valence-corrected chi connectivity index (χ2v) is 9.18. The maximum Gasteiger partial charge on any atom is 0.249 e. The molecule has 0 spiro atoms. The fourth-order valence-electron chi connectivity index (χ4n) is 4.34. The first kappa shape index (κ1) is 20.3. The molecular formula is C22H22ClFN8O. The zero-order valence-corrected chi connectivity index (χ0v) is 18.5. The molecule has 170 valence electrons. The highest BCUT2D eigenvalue weighted by Gasteiger charge is 2.28. The lowest BCUT2D eigenvalue weighted by Gasteiger charge is -2.15. The monoisotopic (exact) mass is 468 g/mol. The molecule has 3 aromatic heterocycles. The van der Waals surface area contributed by atoms with Crippen LogP contribution in [-0.4, -0.2) is 42.4 Å². The van der Waals surface area contributed by atoms with Gasteiger partial charge >= 0.3 is 0 Å². The number of nitrogens with one attached hydrogen (secondary N) is 1. The number of hydrogen-bond donors (Lipinski definition) is 1. The molecule has 0 saturated heterocycles. The lowest BCUT2D eigenvalue weighted by atomic mass is 10.2. The van der Waals surface area contributed by atoms with Gasteiger partial charge in [0.25, 0.3) is 0 Å². The number of amides is 1. The molecule has 11 heteroatoms. The van der Waals surface area contributed by atoms with E-state index >= 15 is 0 Å². The van der Waals surface area contributed by atoms with Crippen molar-refractivity contribution in [3.05, 3.63) is 58.5 Å².